The Morgan fingerprint density at radius 1 is 1.11 bits per heavy atom. The lowest BCUT2D eigenvalue weighted by Crippen LogP contribution is -2.11. The predicted molar refractivity (Wildman–Crippen MR) is 71.8 cm³/mol. The average molecular weight is 279 g/mol. The maximum Gasteiger partial charge on any atom is 0.255 e. The fourth-order valence-electron chi connectivity index (χ4n) is 1.57. The third kappa shape index (κ3) is 2.71. The Bertz CT molecular complexity index is 676. The Morgan fingerprint density at radius 3 is 2.16 bits per heavy atom. The van der Waals surface area contributed by atoms with Gasteiger partial charge in [0.15, 0.2) is 0 Å². The van der Waals surface area contributed by atoms with Gasteiger partial charge in [-0.1, -0.05) is 43.6 Å². The maximum absolute atomic E-state index is 12.4. The third-order valence-electron chi connectivity index (χ3n) is 2.85. The minimum Gasteiger partial charge on any atom is -0.344 e. The highest BCUT2D eigenvalue weighted by atomic mass is 32.2. The van der Waals surface area contributed by atoms with Crippen molar-refractivity contribution in [3.63, 3.8) is 0 Å². The molecule has 0 aliphatic carbocycles. The van der Waals surface area contributed by atoms with Gasteiger partial charge in [-0.05, 0) is 19.1 Å². The monoisotopic (exact) mass is 279 g/mol. The van der Waals surface area contributed by atoms with E-state index in [1.165, 1.54) is 6.07 Å². The van der Waals surface area contributed by atoms with Gasteiger partial charge in [0.05, 0.1) is 10.6 Å². The summed E-state index contributed by atoms with van der Waals surface area (Å²) < 4.78 is 29.7. The summed E-state index contributed by atoms with van der Waals surface area (Å²) in [5.74, 6) is 0. The zero-order valence-corrected chi connectivity index (χ0v) is 12.3. The van der Waals surface area contributed by atoms with Gasteiger partial charge >= 0.3 is 0 Å². The summed E-state index contributed by atoms with van der Waals surface area (Å²) in [6.07, 6.45) is 0. The number of nitrogens with zero attached hydrogens (tertiary/aromatic N) is 1. The van der Waals surface area contributed by atoms with Crippen LogP contribution in [-0.2, 0) is 15.3 Å². The first-order chi connectivity index (χ1) is 8.71. The Kier molecular flexibility index (Phi) is 3.26. The topological polar surface area (TPSA) is 60.2 Å². The van der Waals surface area contributed by atoms with Crippen molar-refractivity contribution in [2.45, 2.75) is 43.1 Å². The molecule has 2 aromatic rings. The van der Waals surface area contributed by atoms with Crippen LogP contribution in [0.15, 0.2) is 44.8 Å². The van der Waals surface area contributed by atoms with Crippen molar-refractivity contribution in [2.24, 2.45) is 0 Å². The zero-order chi connectivity index (χ0) is 14.3. The van der Waals surface area contributed by atoms with Gasteiger partial charge in [0.1, 0.15) is 0 Å². The molecule has 0 unspecified atom stereocenters. The van der Waals surface area contributed by atoms with Gasteiger partial charge in [-0.2, -0.15) is 0 Å². The van der Waals surface area contributed by atoms with E-state index in [-0.39, 0.29) is 15.4 Å². The van der Waals surface area contributed by atoms with Crippen LogP contribution in [0.3, 0.4) is 0 Å². The number of sulfone groups is 1. The number of benzene rings is 1. The second kappa shape index (κ2) is 4.49. The second-order valence-corrected chi connectivity index (χ2v) is 7.48. The molecule has 0 fully saturated rings. The summed E-state index contributed by atoms with van der Waals surface area (Å²) >= 11 is 0. The van der Waals surface area contributed by atoms with E-state index >= 15 is 0 Å². The van der Waals surface area contributed by atoms with E-state index in [0.717, 1.165) is 5.56 Å². The summed E-state index contributed by atoms with van der Waals surface area (Å²) in [6.45, 7) is 7.76. The molecule has 4 nitrogen and oxygen atoms in total. The first kappa shape index (κ1) is 13.8. The molecule has 19 heavy (non-hydrogen) atoms. The van der Waals surface area contributed by atoms with E-state index < -0.39 is 9.84 Å². The smallest absolute Gasteiger partial charge is 0.255 e. The van der Waals surface area contributed by atoms with Crippen LogP contribution in [-0.4, -0.2) is 13.6 Å². The van der Waals surface area contributed by atoms with Gasteiger partial charge < -0.3 is 4.52 Å². The molecule has 0 aliphatic heterocycles. The summed E-state index contributed by atoms with van der Waals surface area (Å²) in [5.41, 5.74) is 1.38. The lowest BCUT2D eigenvalue weighted by molar-refractivity contribution is 0.326. The molecular weight excluding hydrogens is 262 g/mol. The number of aryl methyl sites for hydroxylation is 1. The fraction of sp³-hybridized carbons (Fsp3) is 0.357. The Morgan fingerprint density at radius 2 is 1.68 bits per heavy atom. The first-order valence-corrected chi connectivity index (χ1v) is 7.48. The van der Waals surface area contributed by atoms with Crippen molar-refractivity contribution in [3.05, 3.63) is 41.6 Å². The lowest BCUT2D eigenvalue weighted by Gasteiger charge is -2.12. The largest absolute Gasteiger partial charge is 0.344 e. The second-order valence-electron chi connectivity index (χ2n) is 5.60. The molecule has 0 amide bonds. The molecule has 102 valence electrons. The van der Waals surface area contributed by atoms with Gasteiger partial charge in [0.2, 0.25) is 9.84 Å². The van der Waals surface area contributed by atoms with Crippen LogP contribution in [0.4, 0.5) is 0 Å². The third-order valence-corrected chi connectivity index (χ3v) is 4.47. The minimum absolute atomic E-state index is 0.110. The van der Waals surface area contributed by atoms with E-state index in [1.807, 2.05) is 27.7 Å². The molecule has 1 heterocycles. The predicted octanol–water partition coefficient (Wildman–Crippen LogP) is 3.11. The summed E-state index contributed by atoms with van der Waals surface area (Å²) in [7, 11) is -3.62. The molecule has 0 N–H and O–H groups in total. The molecule has 5 heteroatoms. The van der Waals surface area contributed by atoms with E-state index in [0.29, 0.717) is 5.69 Å². The standard InChI is InChI=1S/C14H17NO3S/c1-10-5-7-11(8-6-10)19(16,17)13-9-12(15-18-13)14(2,3)4/h5-9H,1-4H3. The fourth-order valence-corrected chi connectivity index (χ4v) is 2.70. The average Bonchev–Trinajstić information content (AvgIpc) is 2.79. The Balaban J connectivity index is 2.46. The maximum atomic E-state index is 12.4. The molecule has 0 saturated heterocycles. The van der Waals surface area contributed by atoms with Crippen LogP contribution in [0, 0.1) is 6.92 Å². The van der Waals surface area contributed by atoms with Crippen molar-refractivity contribution < 1.29 is 12.9 Å². The van der Waals surface area contributed by atoms with Gasteiger partial charge in [-0.3, -0.25) is 0 Å². The van der Waals surface area contributed by atoms with Crippen LogP contribution < -0.4 is 0 Å². The summed E-state index contributed by atoms with van der Waals surface area (Å²) in [5, 5.41) is 3.73. The molecule has 0 saturated carbocycles. The molecule has 1 aromatic heterocycles. The highest BCUT2D eigenvalue weighted by molar-refractivity contribution is 7.91. The Labute approximate surface area is 113 Å². The zero-order valence-electron chi connectivity index (χ0n) is 11.5. The van der Waals surface area contributed by atoms with E-state index in [4.69, 9.17) is 4.52 Å². The van der Waals surface area contributed by atoms with Gasteiger partial charge in [0.25, 0.3) is 5.09 Å². The van der Waals surface area contributed by atoms with E-state index in [1.54, 1.807) is 24.3 Å². The van der Waals surface area contributed by atoms with Crippen molar-refractivity contribution in [2.75, 3.05) is 0 Å². The molecule has 0 radical (unpaired) electrons. The van der Waals surface area contributed by atoms with Crippen LogP contribution in [0.2, 0.25) is 0 Å². The normalized spacial score (nSPS) is 12.6. The van der Waals surface area contributed by atoms with Crippen molar-refractivity contribution in [1.29, 1.82) is 0 Å². The van der Waals surface area contributed by atoms with Crippen molar-refractivity contribution in [1.82, 2.24) is 5.16 Å². The molecule has 0 bridgehead atoms. The van der Waals surface area contributed by atoms with E-state index in [9.17, 15) is 8.42 Å². The number of hydrogen-bond acceptors (Lipinski definition) is 4. The summed E-state index contributed by atoms with van der Waals surface area (Å²) in [4.78, 5) is 0.217. The Hall–Kier alpha value is -1.62. The van der Waals surface area contributed by atoms with Gasteiger partial charge in [0, 0.05) is 11.5 Å². The van der Waals surface area contributed by atoms with Crippen LogP contribution in [0.25, 0.3) is 0 Å². The molecule has 1 aromatic carbocycles. The number of rotatable bonds is 2. The quantitative estimate of drug-likeness (QED) is 0.847. The summed E-state index contributed by atoms with van der Waals surface area (Å²) in [6, 6.07) is 8.16. The molecule has 0 aliphatic rings. The van der Waals surface area contributed by atoms with Crippen molar-refractivity contribution >= 4 is 9.84 Å². The van der Waals surface area contributed by atoms with Gasteiger partial charge in [-0.25, -0.2) is 8.42 Å². The van der Waals surface area contributed by atoms with Crippen LogP contribution in [0.1, 0.15) is 32.0 Å². The van der Waals surface area contributed by atoms with Crippen LogP contribution in [0.5, 0.6) is 0 Å². The van der Waals surface area contributed by atoms with Crippen molar-refractivity contribution in [3.8, 4) is 0 Å². The van der Waals surface area contributed by atoms with Gasteiger partial charge in [-0.15, -0.1) is 0 Å². The molecular formula is C14H17NO3S. The molecule has 0 atom stereocenters. The molecule has 2 rings (SSSR count). The minimum atomic E-state index is -3.62. The number of aromatic nitrogens is 1. The first-order valence-electron chi connectivity index (χ1n) is 6.00. The highest BCUT2D eigenvalue weighted by Crippen LogP contribution is 2.27. The SMILES string of the molecule is Cc1ccc(S(=O)(=O)c2cc(C(C)(C)C)no2)cc1. The van der Waals surface area contributed by atoms with Crippen LogP contribution >= 0.6 is 0 Å². The van der Waals surface area contributed by atoms with E-state index in [2.05, 4.69) is 5.16 Å². The number of hydrogen-bond donors (Lipinski definition) is 0. The molecule has 0 spiro atoms. The lowest BCUT2D eigenvalue weighted by atomic mass is 9.93. The highest BCUT2D eigenvalue weighted by Gasteiger charge is 2.26.